The molecule has 0 saturated carbocycles. The van der Waals surface area contributed by atoms with E-state index >= 15 is 0 Å². The Hall–Kier alpha value is -2.57. The van der Waals surface area contributed by atoms with Crippen molar-refractivity contribution in [3.8, 4) is 5.75 Å². The van der Waals surface area contributed by atoms with Crippen LogP contribution < -0.4 is 10.1 Å². The molecule has 128 valence electrons. The van der Waals surface area contributed by atoms with Crippen molar-refractivity contribution >= 4 is 34.8 Å². The van der Waals surface area contributed by atoms with Crippen molar-refractivity contribution < 1.29 is 9.53 Å². The average molecular weight is 377 g/mol. The van der Waals surface area contributed by atoms with Gasteiger partial charge in [-0.05, 0) is 29.8 Å². The highest BCUT2D eigenvalue weighted by Gasteiger charge is 2.14. The van der Waals surface area contributed by atoms with Crippen molar-refractivity contribution in [3.63, 3.8) is 0 Å². The fourth-order valence-electron chi connectivity index (χ4n) is 2.34. The van der Waals surface area contributed by atoms with Crippen LogP contribution >= 0.6 is 23.2 Å². The second-order valence-corrected chi connectivity index (χ2v) is 6.04. The molecule has 6 nitrogen and oxygen atoms in total. The predicted molar refractivity (Wildman–Crippen MR) is 96.5 cm³/mol. The first kappa shape index (κ1) is 17.3. The number of nitrogens with one attached hydrogen (secondary N) is 1. The molecule has 0 atom stereocenters. The molecule has 0 saturated heterocycles. The molecule has 1 aromatic heterocycles. The first-order valence-electron chi connectivity index (χ1n) is 7.32. The molecule has 0 aliphatic carbocycles. The summed E-state index contributed by atoms with van der Waals surface area (Å²) >= 11 is 12.2. The maximum atomic E-state index is 12.4. The third kappa shape index (κ3) is 4.10. The minimum absolute atomic E-state index is 0.278. The number of amides is 1. The van der Waals surface area contributed by atoms with Gasteiger partial charge in [-0.25, -0.2) is 9.67 Å². The number of ether oxygens (including phenoxy) is 1. The molecule has 0 unspecified atom stereocenters. The molecule has 2 aromatic carbocycles. The van der Waals surface area contributed by atoms with E-state index in [0.717, 1.165) is 5.56 Å². The molecule has 3 rings (SSSR count). The zero-order valence-electron chi connectivity index (χ0n) is 13.2. The summed E-state index contributed by atoms with van der Waals surface area (Å²) in [6.07, 6.45) is 3.11. The predicted octanol–water partition coefficient (Wildman–Crippen LogP) is 3.89. The van der Waals surface area contributed by atoms with Gasteiger partial charge in [-0.3, -0.25) is 4.79 Å². The van der Waals surface area contributed by atoms with Crippen molar-refractivity contribution in [2.75, 3.05) is 12.4 Å². The van der Waals surface area contributed by atoms with Crippen LogP contribution in [0.2, 0.25) is 10.0 Å². The molecule has 3 aromatic rings. The van der Waals surface area contributed by atoms with Crippen LogP contribution in [0.4, 0.5) is 5.69 Å². The summed E-state index contributed by atoms with van der Waals surface area (Å²) in [5, 5.41) is 7.45. The van der Waals surface area contributed by atoms with Crippen LogP contribution in [0.25, 0.3) is 0 Å². The van der Waals surface area contributed by atoms with Gasteiger partial charge in [0, 0.05) is 11.3 Å². The monoisotopic (exact) mass is 376 g/mol. The molecule has 1 heterocycles. The molecule has 25 heavy (non-hydrogen) atoms. The topological polar surface area (TPSA) is 69.0 Å². The van der Waals surface area contributed by atoms with Gasteiger partial charge in [0.2, 0.25) is 0 Å². The van der Waals surface area contributed by atoms with Gasteiger partial charge in [-0.1, -0.05) is 35.3 Å². The summed E-state index contributed by atoms with van der Waals surface area (Å²) in [6.45, 7) is 0.559. The van der Waals surface area contributed by atoms with Crippen LogP contribution in [0.15, 0.2) is 49.1 Å². The van der Waals surface area contributed by atoms with Crippen LogP contribution in [0.5, 0.6) is 5.75 Å². The van der Waals surface area contributed by atoms with E-state index in [1.807, 2.05) is 18.2 Å². The lowest BCUT2D eigenvalue weighted by Gasteiger charge is -2.10. The Morgan fingerprint density at radius 1 is 1.24 bits per heavy atom. The summed E-state index contributed by atoms with van der Waals surface area (Å²) < 4.78 is 6.78. The minimum atomic E-state index is -0.315. The van der Waals surface area contributed by atoms with E-state index in [9.17, 15) is 4.79 Å². The van der Waals surface area contributed by atoms with Crippen LogP contribution in [-0.2, 0) is 6.54 Å². The second-order valence-electron chi connectivity index (χ2n) is 5.22. The zero-order valence-corrected chi connectivity index (χ0v) is 14.8. The Kier molecular flexibility index (Phi) is 5.21. The molecule has 0 spiro atoms. The van der Waals surface area contributed by atoms with Gasteiger partial charge in [0.15, 0.2) is 5.75 Å². The van der Waals surface area contributed by atoms with E-state index < -0.39 is 0 Å². The third-order valence-corrected chi connectivity index (χ3v) is 4.02. The summed E-state index contributed by atoms with van der Waals surface area (Å²) in [4.78, 5) is 16.4. The van der Waals surface area contributed by atoms with Crippen molar-refractivity contribution in [1.29, 1.82) is 0 Å². The van der Waals surface area contributed by atoms with Crippen LogP contribution in [0.3, 0.4) is 0 Å². The van der Waals surface area contributed by atoms with E-state index in [4.69, 9.17) is 27.9 Å². The molecular weight excluding hydrogens is 363 g/mol. The van der Waals surface area contributed by atoms with Gasteiger partial charge in [-0.2, -0.15) is 5.10 Å². The van der Waals surface area contributed by atoms with Crippen LogP contribution in [0.1, 0.15) is 15.9 Å². The van der Waals surface area contributed by atoms with E-state index in [1.165, 1.54) is 25.6 Å². The SMILES string of the molecule is COc1c(Cl)cc(C(=O)Nc2cccc(Cn3cncn3)c2)cc1Cl. The molecule has 0 fully saturated rings. The third-order valence-electron chi connectivity index (χ3n) is 3.46. The number of halogens is 2. The number of hydrogen-bond donors (Lipinski definition) is 1. The summed E-state index contributed by atoms with van der Waals surface area (Å²) in [7, 11) is 1.47. The highest BCUT2D eigenvalue weighted by Crippen LogP contribution is 2.34. The smallest absolute Gasteiger partial charge is 0.255 e. The van der Waals surface area contributed by atoms with Crippen LogP contribution in [0, 0.1) is 0 Å². The number of aromatic nitrogens is 3. The van der Waals surface area contributed by atoms with Gasteiger partial charge < -0.3 is 10.1 Å². The van der Waals surface area contributed by atoms with Gasteiger partial charge in [0.25, 0.3) is 5.91 Å². The molecule has 0 aliphatic heterocycles. The Bertz CT molecular complexity index is 874. The van der Waals surface area contributed by atoms with Gasteiger partial charge >= 0.3 is 0 Å². The highest BCUT2D eigenvalue weighted by molar-refractivity contribution is 6.37. The molecular formula is C17H14Cl2N4O2. The summed E-state index contributed by atoms with van der Waals surface area (Å²) in [5.74, 6) is 0.0269. The van der Waals surface area contributed by atoms with E-state index in [1.54, 1.807) is 17.1 Å². The Morgan fingerprint density at radius 2 is 2.00 bits per heavy atom. The second kappa shape index (κ2) is 7.55. The number of hydrogen-bond acceptors (Lipinski definition) is 4. The molecule has 8 heteroatoms. The number of methoxy groups -OCH3 is 1. The normalized spacial score (nSPS) is 10.5. The standard InChI is InChI=1S/C17H14Cl2N4O2/c1-25-16-14(18)6-12(7-15(16)19)17(24)22-13-4-2-3-11(5-13)8-23-10-20-9-21-23/h2-7,9-10H,8H2,1H3,(H,22,24). The highest BCUT2D eigenvalue weighted by atomic mass is 35.5. The van der Waals surface area contributed by atoms with Crippen molar-refractivity contribution in [2.45, 2.75) is 6.54 Å². The van der Waals surface area contributed by atoms with Crippen molar-refractivity contribution in [3.05, 3.63) is 70.2 Å². The zero-order chi connectivity index (χ0) is 17.8. The number of benzene rings is 2. The number of carbonyl (C=O) groups excluding carboxylic acids is 1. The van der Waals surface area contributed by atoms with E-state index in [0.29, 0.717) is 23.5 Å². The summed E-state index contributed by atoms with van der Waals surface area (Å²) in [5.41, 5.74) is 1.98. The Balaban J connectivity index is 1.77. The number of rotatable bonds is 5. The number of anilines is 1. The Morgan fingerprint density at radius 3 is 2.64 bits per heavy atom. The maximum Gasteiger partial charge on any atom is 0.255 e. The quantitative estimate of drug-likeness (QED) is 0.733. The fraction of sp³-hybridized carbons (Fsp3) is 0.118. The average Bonchev–Trinajstić information content (AvgIpc) is 3.08. The minimum Gasteiger partial charge on any atom is -0.494 e. The molecule has 1 N–H and O–H groups in total. The Labute approximate surface area is 154 Å². The molecule has 0 radical (unpaired) electrons. The largest absolute Gasteiger partial charge is 0.494 e. The van der Waals surface area contributed by atoms with Gasteiger partial charge in [0.1, 0.15) is 12.7 Å². The van der Waals surface area contributed by atoms with E-state index in [-0.39, 0.29) is 16.0 Å². The lowest BCUT2D eigenvalue weighted by Crippen LogP contribution is -2.12. The van der Waals surface area contributed by atoms with Crippen molar-refractivity contribution in [1.82, 2.24) is 14.8 Å². The fourth-order valence-corrected chi connectivity index (χ4v) is 2.98. The summed E-state index contributed by atoms with van der Waals surface area (Å²) in [6, 6.07) is 10.5. The lowest BCUT2D eigenvalue weighted by molar-refractivity contribution is 0.102. The van der Waals surface area contributed by atoms with Gasteiger partial charge in [0.05, 0.1) is 23.7 Å². The first-order chi connectivity index (χ1) is 12.1. The molecule has 0 aliphatic rings. The first-order valence-corrected chi connectivity index (χ1v) is 8.08. The van der Waals surface area contributed by atoms with E-state index in [2.05, 4.69) is 15.4 Å². The molecule has 0 bridgehead atoms. The lowest BCUT2D eigenvalue weighted by atomic mass is 10.1. The molecule has 1 amide bonds. The maximum absolute atomic E-state index is 12.4. The van der Waals surface area contributed by atoms with Crippen molar-refractivity contribution in [2.24, 2.45) is 0 Å². The number of nitrogens with zero attached hydrogens (tertiary/aromatic N) is 3. The number of carbonyl (C=O) groups is 1. The van der Waals surface area contributed by atoms with Crippen LogP contribution in [-0.4, -0.2) is 27.8 Å². The van der Waals surface area contributed by atoms with Gasteiger partial charge in [-0.15, -0.1) is 0 Å².